The minimum Gasteiger partial charge on any atom is -0.496 e. The Labute approximate surface area is 119 Å². The van der Waals surface area contributed by atoms with Crippen LogP contribution in [0, 0.1) is 0 Å². The molecule has 2 atom stereocenters. The molecule has 1 N–H and O–H groups in total. The van der Waals surface area contributed by atoms with Gasteiger partial charge in [-0.3, -0.25) is 4.90 Å². The summed E-state index contributed by atoms with van der Waals surface area (Å²) in [6, 6.07) is 7.26. The lowest BCUT2D eigenvalue weighted by Crippen LogP contribution is -2.35. The highest BCUT2D eigenvalue weighted by molar-refractivity contribution is 6.31. The largest absolute Gasteiger partial charge is 0.496 e. The van der Waals surface area contributed by atoms with Crippen LogP contribution in [0.3, 0.4) is 0 Å². The van der Waals surface area contributed by atoms with Crippen LogP contribution in [-0.2, 0) is 6.54 Å². The Balaban J connectivity index is 1.74. The summed E-state index contributed by atoms with van der Waals surface area (Å²) in [6.45, 7) is 3.14. The van der Waals surface area contributed by atoms with Crippen molar-refractivity contribution < 1.29 is 4.74 Å². The van der Waals surface area contributed by atoms with Gasteiger partial charge in [0.05, 0.1) is 7.11 Å². The summed E-state index contributed by atoms with van der Waals surface area (Å²) < 4.78 is 5.43. The normalized spacial score (nSPS) is 27.3. The van der Waals surface area contributed by atoms with Crippen molar-refractivity contribution in [1.82, 2.24) is 10.2 Å². The molecular weight excluding hydrogens is 260 g/mol. The second kappa shape index (κ2) is 5.70. The molecule has 3 nitrogen and oxygen atoms in total. The third-order valence-electron chi connectivity index (χ3n) is 4.28. The zero-order chi connectivity index (χ0) is 13.2. The van der Waals surface area contributed by atoms with Crippen LogP contribution in [0.1, 0.15) is 24.8 Å². The van der Waals surface area contributed by atoms with Gasteiger partial charge in [0, 0.05) is 42.3 Å². The monoisotopic (exact) mass is 280 g/mol. The Morgan fingerprint density at radius 3 is 3.00 bits per heavy atom. The van der Waals surface area contributed by atoms with E-state index in [1.54, 1.807) is 7.11 Å². The summed E-state index contributed by atoms with van der Waals surface area (Å²) in [5.74, 6) is 0.898. The first kappa shape index (κ1) is 13.2. The van der Waals surface area contributed by atoms with Crippen molar-refractivity contribution in [1.29, 1.82) is 0 Å². The molecule has 2 fully saturated rings. The molecule has 2 unspecified atom stereocenters. The van der Waals surface area contributed by atoms with Crippen LogP contribution in [0.2, 0.25) is 5.02 Å². The van der Waals surface area contributed by atoms with E-state index in [9.17, 15) is 0 Å². The number of fused-ring (bicyclic) bond motifs is 2. The van der Waals surface area contributed by atoms with Crippen molar-refractivity contribution in [2.75, 3.05) is 20.2 Å². The molecule has 0 saturated carbocycles. The maximum atomic E-state index is 6.32. The summed E-state index contributed by atoms with van der Waals surface area (Å²) in [4.78, 5) is 2.50. The molecule has 3 rings (SSSR count). The number of likely N-dealkylation sites (tertiary alicyclic amines) is 1. The molecule has 2 aliphatic rings. The number of ether oxygens (including phenoxy) is 1. The maximum Gasteiger partial charge on any atom is 0.124 e. The number of halogens is 1. The van der Waals surface area contributed by atoms with Gasteiger partial charge < -0.3 is 10.1 Å². The molecule has 2 aliphatic heterocycles. The van der Waals surface area contributed by atoms with Crippen molar-refractivity contribution in [3.05, 3.63) is 28.8 Å². The molecule has 2 heterocycles. The van der Waals surface area contributed by atoms with Crippen molar-refractivity contribution in [3.8, 4) is 5.75 Å². The molecule has 19 heavy (non-hydrogen) atoms. The predicted octanol–water partition coefficient (Wildman–Crippen LogP) is 2.67. The number of hydrogen-bond donors (Lipinski definition) is 1. The third kappa shape index (κ3) is 2.88. The van der Waals surface area contributed by atoms with Crippen LogP contribution in [0.25, 0.3) is 0 Å². The number of benzene rings is 1. The molecule has 0 amide bonds. The molecule has 0 aromatic heterocycles. The summed E-state index contributed by atoms with van der Waals surface area (Å²) in [5, 5.41) is 4.51. The van der Waals surface area contributed by atoms with E-state index < -0.39 is 0 Å². The lowest BCUT2D eigenvalue weighted by molar-refractivity contribution is 0.247. The molecule has 0 spiro atoms. The van der Waals surface area contributed by atoms with Gasteiger partial charge in [-0.2, -0.15) is 0 Å². The van der Waals surface area contributed by atoms with E-state index in [2.05, 4.69) is 10.2 Å². The van der Waals surface area contributed by atoms with Gasteiger partial charge in [-0.05, 0) is 31.4 Å². The van der Waals surface area contributed by atoms with Crippen LogP contribution in [-0.4, -0.2) is 37.2 Å². The fourth-order valence-electron chi connectivity index (χ4n) is 3.27. The lowest BCUT2D eigenvalue weighted by Gasteiger charge is -2.25. The van der Waals surface area contributed by atoms with Crippen LogP contribution in [0.5, 0.6) is 5.75 Å². The average Bonchev–Trinajstić information content (AvgIpc) is 2.74. The molecule has 4 heteroatoms. The predicted molar refractivity (Wildman–Crippen MR) is 77.8 cm³/mol. The van der Waals surface area contributed by atoms with E-state index in [-0.39, 0.29) is 0 Å². The van der Waals surface area contributed by atoms with Crippen LogP contribution < -0.4 is 10.1 Å². The molecule has 0 radical (unpaired) electrons. The summed E-state index contributed by atoms with van der Waals surface area (Å²) >= 11 is 6.32. The molecule has 104 valence electrons. The Hall–Kier alpha value is -0.770. The van der Waals surface area contributed by atoms with Gasteiger partial charge in [-0.1, -0.05) is 17.7 Å². The van der Waals surface area contributed by atoms with E-state index in [0.29, 0.717) is 6.04 Å². The average molecular weight is 281 g/mol. The van der Waals surface area contributed by atoms with Gasteiger partial charge in [0.1, 0.15) is 5.75 Å². The highest BCUT2D eigenvalue weighted by atomic mass is 35.5. The third-order valence-corrected chi connectivity index (χ3v) is 4.64. The molecule has 2 saturated heterocycles. The Morgan fingerprint density at radius 2 is 2.16 bits per heavy atom. The van der Waals surface area contributed by atoms with Gasteiger partial charge in [0.25, 0.3) is 0 Å². The molecule has 0 aliphatic carbocycles. The molecule has 2 bridgehead atoms. The zero-order valence-corrected chi connectivity index (χ0v) is 12.1. The minimum atomic E-state index is 0.654. The number of hydrogen-bond acceptors (Lipinski definition) is 3. The van der Waals surface area contributed by atoms with Crippen LogP contribution >= 0.6 is 11.6 Å². The second-order valence-electron chi connectivity index (χ2n) is 5.58. The number of nitrogens with one attached hydrogen (secondary N) is 1. The van der Waals surface area contributed by atoms with Crippen molar-refractivity contribution in [2.45, 2.75) is 37.9 Å². The highest BCUT2D eigenvalue weighted by Gasteiger charge is 2.29. The zero-order valence-electron chi connectivity index (χ0n) is 11.4. The van der Waals surface area contributed by atoms with E-state index in [0.717, 1.165) is 42.0 Å². The van der Waals surface area contributed by atoms with E-state index >= 15 is 0 Å². The SMILES string of the molecule is COc1cccc(Cl)c1CN1CCC2CCC(C1)N2. The summed E-state index contributed by atoms with van der Waals surface area (Å²) in [5.41, 5.74) is 1.12. The first-order valence-electron chi connectivity index (χ1n) is 7.06. The first-order chi connectivity index (χ1) is 9.26. The Bertz CT molecular complexity index is 452. The minimum absolute atomic E-state index is 0.654. The molecule has 1 aromatic carbocycles. The van der Waals surface area contributed by atoms with E-state index in [1.165, 1.54) is 19.3 Å². The smallest absolute Gasteiger partial charge is 0.124 e. The topological polar surface area (TPSA) is 24.5 Å². The van der Waals surface area contributed by atoms with Crippen molar-refractivity contribution in [2.24, 2.45) is 0 Å². The van der Waals surface area contributed by atoms with Gasteiger partial charge in [0.15, 0.2) is 0 Å². The Kier molecular flexibility index (Phi) is 3.96. The highest BCUT2D eigenvalue weighted by Crippen LogP contribution is 2.29. The first-order valence-corrected chi connectivity index (χ1v) is 7.44. The number of methoxy groups -OCH3 is 1. The van der Waals surface area contributed by atoms with Crippen LogP contribution in [0.4, 0.5) is 0 Å². The fourth-order valence-corrected chi connectivity index (χ4v) is 3.49. The maximum absolute atomic E-state index is 6.32. The summed E-state index contributed by atoms with van der Waals surface area (Å²) in [7, 11) is 1.71. The van der Waals surface area contributed by atoms with Crippen molar-refractivity contribution in [3.63, 3.8) is 0 Å². The quantitative estimate of drug-likeness (QED) is 0.921. The van der Waals surface area contributed by atoms with Gasteiger partial charge in [0.2, 0.25) is 0 Å². The van der Waals surface area contributed by atoms with Crippen LogP contribution in [0.15, 0.2) is 18.2 Å². The van der Waals surface area contributed by atoms with E-state index in [1.807, 2.05) is 18.2 Å². The second-order valence-corrected chi connectivity index (χ2v) is 5.99. The Morgan fingerprint density at radius 1 is 1.32 bits per heavy atom. The fraction of sp³-hybridized carbons (Fsp3) is 0.600. The molecular formula is C15H21ClN2O. The van der Waals surface area contributed by atoms with Crippen molar-refractivity contribution >= 4 is 11.6 Å². The van der Waals surface area contributed by atoms with Gasteiger partial charge >= 0.3 is 0 Å². The van der Waals surface area contributed by atoms with Gasteiger partial charge in [-0.15, -0.1) is 0 Å². The number of rotatable bonds is 3. The standard InChI is InChI=1S/C15H21ClN2O/c1-19-15-4-2-3-14(16)13(15)10-18-8-7-11-5-6-12(9-18)17-11/h2-4,11-12,17H,5-10H2,1H3. The lowest BCUT2D eigenvalue weighted by atomic mass is 10.1. The van der Waals surface area contributed by atoms with Gasteiger partial charge in [-0.25, -0.2) is 0 Å². The molecule has 1 aromatic rings. The number of nitrogens with zero attached hydrogens (tertiary/aromatic N) is 1. The summed E-state index contributed by atoms with van der Waals surface area (Å²) in [6.07, 6.45) is 3.89. The van der Waals surface area contributed by atoms with E-state index in [4.69, 9.17) is 16.3 Å².